The fourth-order valence-corrected chi connectivity index (χ4v) is 2.45. The number of carbonyl (C=O) groups excluding carboxylic acids is 2. The van der Waals surface area contributed by atoms with Crippen LogP contribution in [-0.4, -0.2) is 24.9 Å². The topological polar surface area (TPSA) is 49.4 Å². The quantitative estimate of drug-likeness (QED) is 0.832. The molecule has 0 unspecified atom stereocenters. The molecule has 1 aliphatic rings. The van der Waals surface area contributed by atoms with Crippen LogP contribution in [-0.2, 0) is 9.59 Å². The highest BCUT2D eigenvalue weighted by molar-refractivity contribution is 9.11. The summed E-state index contributed by atoms with van der Waals surface area (Å²) < 4.78 is 1.73. The molecule has 2 rings (SSSR count). The molecule has 17 heavy (non-hydrogen) atoms. The van der Waals surface area contributed by atoms with Gasteiger partial charge >= 0.3 is 0 Å². The van der Waals surface area contributed by atoms with Gasteiger partial charge < -0.3 is 10.2 Å². The maximum atomic E-state index is 11.9. The molecule has 0 radical (unpaired) electrons. The van der Waals surface area contributed by atoms with Crippen LogP contribution >= 0.6 is 31.9 Å². The van der Waals surface area contributed by atoms with E-state index in [0.29, 0.717) is 13.0 Å². The SMILES string of the molecule is O=C1CCN(c2cc(Br)ccc2Br)C(=O)CN1. The van der Waals surface area contributed by atoms with Crippen LogP contribution in [0.1, 0.15) is 6.42 Å². The number of nitrogens with one attached hydrogen (secondary N) is 1. The van der Waals surface area contributed by atoms with Gasteiger partial charge in [0.25, 0.3) is 0 Å². The van der Waals surface area contributed by atoms with Crippen LogP contribution < -0.4 is 10.2 Å². The van der Waals surface area contributed by atoms with Gasteiger partial charge in [0.1, 0.15) is 0 Å². The average molecular weight is 362 g/mol. The van der Waals surface area contributed by atoms with E-state index in [-0.39, 0.29) is 18.4 Å². The lowest BCUT2D eigenvalue weighted by atomic mass is 10.2. The Morgan fingerprint density at radius 2 is 2.00 bits per heavy atom. The van der Waals surface area contributed by atoms with Crippen molar-refractivity contribution in [3.05, 3.63) is 27.1 Å². The van der Waals surface area contributed by atoms with E-state index in [4.69, 9.17) is 0 Å². The van der Waals surface area contributed by atoms with Gasteiger partial charge in [0.15, 0.2) is 0 Å². The van der Waals surface area contributed by atoms with Crippen molar-refractivity contribution in [2.45, 2.75) is 6.42 Å². The average Bonchev–Trinajstić information content (AvgIpc) is 2.46. The molecule has 0 aromatic heterocycles. The summed E-state index contributed by atoms with van der Waals surface area (Å²) in [5.41, 5.74) is 0.779. The van der Waals surface area contributed by atoms with Gasteiger partial charge in [0.2, 0.25) is 11.8 Å². The Hall–Kier alpha value is -0.880. The zero-order chi connectivity index (χ0) is 12.4. The second-order valence-corrected chi connectivity index (χ2v) is 5.44. The van der Waals surface area contributed by atoms with Crippen molar-refractivity contribution in [2.24, 2.45) is 0 Å². The molecule has 1 fully saturated rings. The summed E-state index contributed by atoms with van der Waals surface area (Å²) in [5.74, 6) is -0.193. The van der Waals surface area contributed by atoms with E-state index in [0.717, 1.165) is 14.6 Å². The fourth-order valence-electron chi connectivity index (χ4n) is 1.64. The van der Waals surface area contributed by atoms with Gasteiger partial charge in [0, 0.05) is 21.9 Å². The second kappa shape index (κ2) is 5.18. The molecule has 90 valence electrons. The number of nitrogens with zero attached hydrogens (tertiary/aromatic N) is 1. The number of anilines is 1. The van der Waals surface area contributed by atoms with Crippen LogP contribution in [0.4, 0.5) is 5.69 Å². The number of carbonyl (C=O) groups is 2. The first-order valence-corrected chi connectivity index (χ1v) is 6.68. The van der Waals surface area contributed by atoms with Crippen molar-refractivity contribution in [3.8, 4) is 0 Å². The molecule has 0 saturated carbocycles. The zero-order valence-corrected chi connectivity index (χ0v) is 12.0. The Bertz CT molecular complexity index is 477. The second-order valence-electron chi connectivity index (χ2n) is 3.67. The van der Waals surface area contributed by atoms with Gasteiger partial charge in [-0.2, -0.15) is 0 Å². The number of rotatable bonds is 1. The molecule has 1 N–H and O–H groups in total. The van der Waals surface area contributed by atoms with Crippen LogP contribution in [0.3, 0.4) is 0 Å². The fraction of sp³-hybridized carbons (Fsp3) is 0.273. The third kappa shape index (κ3) is 2.87. The first kappa shape index (κ1) is 12.6. The third-order valence-corrected chi connectivity index (χ3v) is 3.66. The maximum absolute atomic E-state index is 11.9. The summed E-state index contributed by atoms with van der Waals surface area (Å²) in [4.78, 5) is 24.8. The standard InChI is InChI=1S/C11H10Br2N2O2/c12-7-1-2-8(13)9(5-7)15-4-3-10(16)14-6-11(15)17/h1-2,5H,3-4,6H2,(H,14,16). The number of benzene rings is 1. The molecule has 1 aromatic carbocycles. The largest absolute Gasteiger partial charge is 0.347 e. The molecule has 4 nitrogen and oxygen atoms in total. The molecular weight excluding hydrogens is 352 g/mol. The highest BCUT2D eigenvalue weighted by Crippen LogP contribution is 2.30. The normalized spacial score (nSPS) is 16.7. The monoisotopic (exact) mass is 360 g/mol. The summed E-state index contributed by atoms with van der Waals surface area (Å²) in [6.07, 6.45) is 0.324. The first-order chi connectivity index (χ1) is 8.08. The summed E-state index contributed by atoms with van der Waals surface area (Å²) in [7, 11) is 0. The van der Waals surface area contributed by atoms with Crippen molar-refractivity contribution in [2.75, 3.05) is 18.0 Å². The predicted molar refractivity (Wildman–Crippen MR) is 71.8 cm³/mol. The van der Waals surface area contributed by atoms with E-state index < -0.39 is 0 Å². The van der Waals surface area contributed by atoms with Crippen LogP contribution in [0.15, 0.2) is 27.1 Å². The minimum atomic E-state index is -0.102. The highest BCUT2D eigenvalue weighted by atomic mass is 79.9. The smallest absolute Gasteiger partial charge is 0.246 e. The Labute approximate surface area is 116 Å². The molecule has 0 bridgehead atoms. The molecule has 1 saturated heterocycles. The minimum Gasteiger partial charge on any atom is -0.347 e. The number of hydrogen-bond donors (Lipinski definition) is 1. The van der Waals surface area contributed by atoms with Gasteiger partial charge in [-0.25, -0.2) is 0 Å². The molecule has 0 spiro atoms. The number of halogens is 2. The first-order valence-electron chi connectivity index (χ1n) is 5.10. The zero-order valence-electron chi connectivity index (χ0n) is 8.87. The van der Waals surface area contributed by atoms with Crippen molar-refractivity contribution in [3.63, 3.8) is 0 Å². The summed E-state index contributed by atoms with van der Waals surface area (Å²) in [5, 5.41) is 2.57. The third-order valence-electron chi connectivity index (χ3n) is 2.50. The predicted octanol–water partition coefficient (Wildman–Crippen LogP) is 2.06. The van der Waals surface area contributed by atoms with E-state index in [1.54, 1.807) is 4.90 Å². The van der Waals surface area contributed by atoms with Crippen molar-refractivity contribution in [1.82, 2.24) is 5.32 Å². The van der Waals surface area contributed by atoms with E-state index in [9.17, 15) is 9.59 Å². The van der Waals surface area contributed by atoms with E-state index in [1.807, 2.05) is 18.2 Å². The lowest BCUT2D eigenvalue weighted by Crippen LogP contribution is -2.35. The lowest BCUT2D eigenvalue weighted by Gasteiger charge is -2.21. The van der Waals surface area contributed by atoms with Crippen molar-refractivity contribution >= 4 is 49.4 Å². The van der Waals surface area contributed by atoms with Gasteiger partial charge in [-0.3, -0.25) is 9.59 Å². The number of hydrogen-bond acceptors (Lipinski definition) is 2. The van der Waals surface area contributed by atoms with Crippen molar-refractivity contribution in [1.29, 1.82) is 0 Å². The lowest BCUT2D eigenvalue weighted by molar-refractivity contribution is -0.123. The molecule has 0 atom stereocenters. The molecule has 1 aliphatic heterocycles. The summed E-state index contributed by atoms with van der Waals surface area (Å²) in [6.45, 7) is 0.456. The van der Waals surface area contributed by atoms with E-state index in [2.05, 4.69) is 37.2 Å². The van der Waals surface area contributed by atoms with Crippen LogP contribution in [0, 0.1) is 0 Å². The van der Waals surface area contributed by atoms with Crippen LogP contribution in [0.5, 0.6) is 0 Å². The number of amides is 2. The van der Waals surface area contributed by atoms with Gasteiger partial charge in [0.05, 0.1) is 12.2 Å². The van der Waals surface area contributed by atoms with Crippen molar-refractivity contribution < 1.29 is 9.59 Å². The van der Waals surface area contributed by atoms with Crippen LogP contribution in [0.2, 0.25) is 0 Å². The maximum Gasteiger partial charge on any atom is 0.246 e. The van der Waals surface area contributed by atoms with Gasteiger partial charge in [-0.15, -0.1) is 0 Å². The Morgan fingerprint density at radius 1 is 1.24 bits per heavy atom. The summed E-state index contributed by atoms with van der Waals surface area (Å²) >= 11 is 6.79. The highest BCUT2D eigenvalue weighted by Gasteiger charge is 2.22. The molecule has 0 aliphatic carbocycles. The Morgan fingerprint density at radius 3 is 2.76 bits per heavy atom. The molecule has 1 aromatic rings. The molecule has 1 heterocycles. The van der Waals surface area contributed by atoms with Gasteiger partial charge in [-0.05, 0) is 34.1 Å². The van der Waals surface area contributed by atoms with E-state index in [1.165, 1.54) is 0 Å². The van der Waals surface area contributed by atoms with Crippen LogP contribution in [0.25, 0.3) is 0 Å². The Balaban J connectivity index is 2.34. The van der Waals surface area contributed by atoms with E-state index >= 15 is 0 Å². The summed E-state index contributed by atoms with van der Waals surface area (Å²) in [6, 6.07) is 5.61. The van der Waals surface area contributed by atoms with Gasteiger partial charge in [-0.1, -0.05) is 15.9 Å². The Kier molecular flexibility index (Phi) is 3.83. The minimum absolute atomic E-state index is 0.0534. The molecule has 6 heteroatoms. The molecular formula is C11H10Br2N2O2. The molecule has 2 amide bonds.